The number of para-hydroxylation sites is 2. The highest BCUT2D eigenvalue weighted by atomic mass is 32.2. The van der Waals surface area contributed by atoms with E-state index in [1.165, 1.54) is 11.8 Å². The first-order chi connectivity index (χ1) is 24.3. The molecule has 0 saturated carbocycles. The maximum Gasteiger partial charge on any atom is 0.416 e. The van der Waals surface area contributed by atoms with Gasteiger partial charge in [-0.05, 0) is 67.6 Å². The predicted molar refractivity (Wildman–Crippen MR) is 180 cm³/mol. The van der Waals surface area contributed by atoms with Crippen LogP contribution in [0.3, 0.4) is 0 Å². The maximum absolute atomic E-state index is 14.0. The third-order valence-corrected chi connectivity index (χ3v) is 11.0. The van der Waals surface area contributed by atoms with Crippen molar-refractivity contribution in [3.05, 3.63) is 90.0 Å². The van der Waals surface area contributed by atoms with Gasteiger partial charge >= 0.3 is 6.18 Å². The van der Waals surface area contributed by atoms with Crippen LogP contribution in [0, 0.1) is 0 Å². The molecule has 3 amide bonds. The molecule has 2 aliphatic rings. The Kier molecular flexibility index (Phi) is 10.5. The summed E-state index contributed by atoms with van der Waals surface area (Å²) >= 11 is 1.18. The first-order valence-corrected chi connectivity index (χ1v) is 18.5. The molecule has 12 nitrogen and oxygen atoms in total. The average Bonchev–Trinajstić information content (AvgIpc) is 3.50. The molecule has 2 saturated heterocycles. The van der Waals surface area contributed by atoms with Crippen LogP contribution in [0.25, 0.3) is 11.0 Å². The Hall–Kier alpha value is -4.74. The van der Waals surface area contributed by atoms with Gasteiger partial charge in [0.2, 0.25) is 21.8 Å². The smallest absolute Gasteiger partial charge is 0.344 e. The lowest BCUT2D eigenvalue weighted by molar-refractivity contribution is -0.176. The number of thioether (sulfide) groups is 1. The highest BCUT2D eigenvalue weighted by Crippen LogP contribution is 2.30. The van der Waals surface area contributed by atoms with Gasteiger partial charge in [0.05, 0.1) is 33.3 Å². The summed E-state index contributed by atoms with van der Waals surface area (Å²) in [5, 5.41) is 5.41. The number of fused-ring (bicyclic) bond motifs is 2. The number of hydrazine groups is 1. The van der Waals surface area contributed by atoms with Crippen molar-refractivity contribution in [3.63, 3.8) is 0 Å². The Morgan fingerprint density at radius 3 is 2.39 bits per heavy atom. The van der Waals surface area contributed by atoms with E-state index in [9.17, 15) is 40.8 Å². The van der Waals surface area contributed by atoms with E-state index in [1.807, 2.05) is 42.5 Å². The van der Waals surface area contributed by atoms with Crippen LogP contribution in [-0.2, 0) is 41.8 Å². The van der Waals surface area contributed by atoms with Gasteiger partial charge in [0.25, 0.3) is 5.91 Å². The lowest BCUT2D eigenvalue weighted by Crippen LogP contribution is -2.64. The number of carbonyl (C=O) groups excluding carboxylic acids is 4. The van der Waals surface area contributed by atoms with E-state index in [2.05, 4.69) is 20.0 Å². The molecule has 0 aliphatic carbocycles. The van der Waals surface area contributed by atoms with Crippen molar-refractivity contribution >= 4 is 56.3 Å². The molecule has 0 spiro atoms. The Morgan fingerprint density at radius 2 is 1.69 bits per heavy atom. The van der Waals surface area contributed by atoms with E-state index in [0.717, 1.165) is 38.7 Å². The number of amides is 3. The summed E-state index contributed by atoms with van der Waals surface area (Å²) in [5.74, 6) is -2.43. The Labute approximate surface area is 295 Å². The number of hydrogen-bond donors (Lipinski definition) is 3. The summed E-state index contributed by atoms with van der Waals surface area (Å²) in [5.41, 5.74) is 1.27. The standard InChI is InChI=1S/C34H33F3N6O6S2/c35-34(36,37)22-12-14-23(15-13-22)51(48,49)41-26-16-17-30(45)42-18-6-11-28(43(42)32(26)47)31(46)38-27(19-21-7-2-1-3-8-21)29(44)20-50-33-39-24-9-4-5-10-25(24)40-33/h1-5,7-10,12-15,26-28,41H,6,11,16-20H2,(H,38,46)(H,39,40)/t26-,27-,28-/m0/s1. The van der Waals surface area contributed by atoms with Crippen molar-refractivity contribution in [2.45, 2.75) is 66.5 Å². The Balaban J connectivity index is 1.20. The molecule has 0 unspecified atom stereocenters. The van der Waals surface area contributed by atoms with Crippen LogP contribution < -0.4 is 10.0 Å². The number of halogens is 3. The lowest BCUT2D eigenvalue weighted by Gasteiger charge is -2.43. The van der Waals surface area contributed by atoms with Gasteiger partial charge in [-0.15, -0.1) is 0 Å². The molecule has 0 radical (unpaired) electrons. The van der Waals surface area contributed by atoms with Crippen LogP contribution in [-0.4, -0.2) is 82.3 Å². The van der Waals surface area contributed by atoms with Gasteiger partial charge in [0, 0.05) is 13.0 Å². The van der Waals surface area contributed by atoms with E-state index < -0.39 is 62.5 Å². The predicted octanol–water partition coefficient (Wildman–Crippen LogP) is 3.85. The number of rotatable bonds is 11. The lowest BCUT2D eigenvalue weighted by atomic mass is 10.0. The van der Waals surface area contributed by atoms with Gasteiger partial charge in [-0.1, -0.05) is 54.2 Å². The number of aromatic nitrogens is 2. The second-order valence-corrected chi connectivity index (χ2v) is 14.8. The van der Waals surface area contributed by atoms with Gasteiger partial charge in [-0.25, -0.2) is 18.4 Å². The molecule has 51 heavy (non-hydrogen) atoms. The molecule has 1 aromatic heterocycles. The van der Waals surface area contributed by atoms with Crippen LogP contribution in [0.2, 0.25) is 0 Å². The number of alkyl halides is 3. The van der Waals surface area contributed by atoms with Crippen molar-refractivity contribution < 1.29 is 40.8 Å². The second kappa shape index (κ2) is 14.9. The average molecular weight is 743 g/mol. The normalized spacial score (nSPS) is 19.0. The SMILES string of the molecule is O=C(CSc1nc2ccccc2[nH]1)[C@H](Cc1ccccc1)NC(=O)[C@@H]1CCCN2C(=O)CC[C@H](NS(=O)(=O)c3ccc(C(F)(F)F)cc3)C(=O)N12. The Bertz CT molecular complexity index is 2010. The molecule has 3 aromatic carbocycles. The van der Waals surface area contributed by atoms with Crippen molar-refractivity contribution in [2.75, 3.05) is 12.3 Å². The number of imidazole rings is 1. The molecular weight excluding hydrogens is 710 g/mol. The highest BCUT2D eigenvalue weighted by molar-refractivity contribution is 7.99. The van der Waals surface area contributed by atoms with Crippen LogP contribution in [0.15, 0.2) is 88.9 Å². The number of benzene rings is 3. The number of hydrogen-bond acceptors (Lipinski definition) is 8. The number of ketones is 1. The van der Waals surface area contributed by atoms with Crippen molar-refractivity contribution in [1.82, 2.24) is 30.0 Å². The maximum atomic E-state index is 14.0. The molecule has 2 aliphatic heterocycles. The molecule has 17 heteroatoms. The number of nitrogens with zero attached hydrogens (tertiary/aromatic N) is 3. The number of sulfonamides is 1. The highest BCUT2D eigenvalue weighted by Gasteiger charge is 2.46. The number of carbonyl (C=O) groups is 4. The molecule has 0 bridgehead atoms. The first-order valence-electron chi connectivity index (χ1n) is 16.1. The zero-order chi connectivity index (χ0) is 36.3. The van der Waals surface area contributed by atoms with Crippen LogP contribution in [0.5, 0.6) is 0 Å². The fourth-order valence-corrected chi connectivity index (χ4v) is 8.11. The van der Waals surface area contributed by atoms with Crippen LogP contribution in [0.1, 0.15) is 36.8 Å². The van der Waals surface area contributed by atoms with Crippen molar-refractivity contribution in [3.8, 4) is 0 Å². The molecule has 2 fully saturated rings. The van der Waals surface area contributed by atoms with Crippen molar-refractivity contribution in [1.29, 1.82) is 0 Å². The summed E-state index contributed by atoms with van der Waals surface area (Å²) in [6.07, 6.45) is -4.53. The summed E-state index contributed by atoms with van der Waals surface area (Å²) in [4.78, 5) is 61.9. The largest absolute Gasteiger partial charge is 0.416 e. The van der Waals surface area contributed by atoms with E-state index >= 15 is 0 Å². The van der Waals surface area contributed by atoms with Gasteiger partial charge in [-0.3, -0.25) is 24.2 Å². The van der Waals surface area contributed by atoms with Crippen molar-refractivity contribution in [2.24, 2.45) is 0 Å². The topological polar surface area (TPSA) is 162 Å². The first kappa shape index (κ1) is 36.1. The van der Waals surface area contributed by atoms with E-state index in [1.54, 1.807) is 12.1 Å². The monoisotopic (exact) mass is 742 g/mol. The van der Waals surface area contributed by atoms with Crippen LogP contribution >= 0.6 is 11.8 Å². The van der Waals surface area contributed by atoms with Gasteiger partial charge in [-0.2, -0.15) is 17.9 Å². The summed E-state index contributed by atoms with van der Waals surface area (Å²) in [7, 11) is -4.52. The molecule has 3 N–H and O–H groups in total. The zero-order valence-electron chi connectivity index (χ0n) is 26.9. The number of H-pyrrole nitrogens is 1. The number of Topliss-reactive ketones (excluding diaryl/α,β-unsaturated/α-hetero) is 1. The summed E-state index contributed by atoms with van der Waals surface area (Å²) in [6.45, 7) is 0.104. The summed E-state index contributed by atoms with van der Waals surface area (Å²) < 4.78 is 67.8. The summed E-state index contributed by atoms with van der Waals surface area (Å²) in [6, 6.07) is 15.5. The molecule has 4 aromatic rings. The quantitative estimate of drug-likeness (QED) is 0.196. The molecule has 3 heterocycles. The number of aromatic amines is 1. The van der Waals surface area contributed by atoms with E-state index in [4.69, 9.17) is 0 Å². The molecule has 6 rings (SSSR count). The minimum absolute atomic E-state index is 0.0384. The Morgan fingerprint density at radius 1 is 0.980 bits per heavy atom. The third kappa shape index (κ3) is 8.26. The third-order valence-electron chi connectivity index (χ3n) is 8.66. The fourth-order valence-electron chi connectivity index (χ4n) is 6.06. The van der Waals surface area contributed by atoms with E-state index in [-0.39, 0.29) is 43.8 Å². The molecule has 268 valence electrons. The minimum Gasteiger partial charge on any atom is -0.344 e. The van der Waals surface area contributed by atoms with Crippen LogP contribution in [0.4, 0.5) is 13.2 Å². The second-order valence-electron chi connectivity index (χ2n) is 12.2. The number of nitrogens with one attached hydrogen (secondary N) is 3. The fraction of sp³-hybridized carbons (Fsp3) is 0.324. The van der Waals surface area contributed by atoms with Gasteiger partial charge < -0.3 is 10.3 Å². The van der Waals surface area contributed by atoms with E-state index in [0.29, 0.717) is 23.7 Å². The molecular formula is C34H33F3N6O6S2. The molecule has 3 atom stereocenters. The van der Waals surface area contributed by atoms with Gasteiger partial charge in [0.15, 0.2) is 10.9 Å². The van der Waals surface area contributed by atoms with Gasteiger partial charge in [0.1, 0.15) is 12.1 Å². The minimum atomic E-state index is -4.68. The zero-order valence-corrected chi connectivity index (χ0v) is 28.6.